The summed E-state index contributed by atoms with van der Waals surface area (Å²) in [4.78, 5) is 31.0. The van der Waals surface area contributed by atoms with Gasteiger partial charge in [-0.2, -0.15) is 0 Å². The minimum absolute atomic E-state index is 0.0328. The Morgan fingerprint density at radius 3 is 2.74 bits per heavy atom. The number of benzene rings is 1. The predicted octanol–water partition coefficient (Wildman–Crippen LogP) is 4.99. The molecule has 2 heterocycles. The third-order valence-corrected chi connectivity index (χ3v) is 7.28. The summed E-state index contributed by atoms with van der Waals surface area (Å²) in [6.45, 7) is 4.05. The molecule has 1 aromatic carbocycles. The van der Waals surface area contributed by atoms with Gasteiger partial charge in [0.2, 0.25) is 5.91 Å². The Morgan fingerprint density at radius 2 is 2.03 bits per heavy atom. The third-order valence-electron chi connectivity index (χ3n) is 5.43. The van der Waals surface area contributed by atoms with Crippen molar-refractivity contribution in [1.82, 2.24) is 14.9 Å². The standard InChI is InChI=1S/C23H24FN3O2S2/c1-2-12-27-22(29)20-18(15-8-10-16(24)11-9-15)13-30-21(20)26-23(27)31-14-19(28)25-17-6-4-3-5-7-17/h2,8-11,13,17H,1,3-7,12,14H2,(H,25,28). The highest BCUT2D eigenvalue weighted by Gasteiger charge is 2.19. The second kappa shape index (κ2) is 9.78. The Morgan fingerprint density at radius 1 is 1.29 bits per heavy atom. The van der Waals surface area contributed by atoms with Gasteiger partial charge in [0.15, 0.2) is 5.16 Å². The maximum Gasteiger partial charge on any atom is 0.263 e. The molecule has 3 aromatic rings. The lowest BCUT2D eigenvalue weighted by atomic mass is 9.95. The van der Waals surface area contributed by atoms with Gasteiger partial charge in [-0.15, -0.1) is 17.9 Å². The van der Waals surface area contributed by atoms with Crippen LogP contribution in [0.5, 0.6) is 0 Å². The molecule has 1 fully saturated rings. The lowest BCUT2D eigenvalue weighted by molar-refractivity contribution is -0.119. The van der Waals surface area contributed by atoms with Gasteiger partial charge in [-0.1, -0.05) is 49.2 Å². The van der Waals surface area contributed by atoms with Crippen molar-refractivity contribution in [2.24, 2.45) is 0 Å². The minimum Gasteiger partial charge on any atom is -0.353 e. The van der Waals surface area contributed by atoms with Gasteiger partial charge < -0.3 is 5.32 Å². The van der Waals surface area contributed by atoms with E-state index in [-0.39, 0.29) is 29.1 Å². The van der Waals surface area contributed by atoms with Crippen LogP contribution < -0.4 is 10.9 Å². The van der Waals surface area contributed by atoms with Gasteiger partial charge in [-0.3, -0.25) is 14.2 Å². The second-order valence-corrected chi connectivity index (χ2v) is 9.43. The highest BCUT2D eigenvalue weighted by atomic mass is 32.2. The zero-order valence-electron chi connectivity index (χ0n) is 17.1. The molecule has 1 aliphatic rings. The fourth-order valence-electron chi connectivity index (χ4n) is 3.89. The van der Waals surface area contributed by atoms with Crippen LogP contribution in [0, 0.1) is 5.82 Å². The molecule has 0 radical (unpaired) electrons. The molecule has 0 aliphatic heterocycles. The van der Waals surface area contributed by atoms with Crippen LogP contribution in [0.25, 0.3) is 21.3 Å². The number of hydrogen-bond donors (Lipinski definition) is 1. The average molecular weight is 458 g/mol. The number of carbonyl (C=O) groups excluding carboxylic acids is 1. The average Bonchev–Trinajstić information content (AvgIpc) is 3.20. The summed E-state index contributed by atoms with van der Waals surface area (Å²) in [5.41, 5.74) is 1.33. The SMILES string of the molecule is C=CCn1c(SCC(=O)NC2CCCCC2)nc2scc(-c3ccc(F)cc3)c2c1=O. The molecule has 8 heteroatoms. The summed E-state index contributed by atoms with van der Waals surface area (Å²) in [7, 11) is 0. The maximum absolute atomic E-state index is 13.3. The van der Waals surface area contributed by atoms with E-state index in [1.165, 1.54) is 41.7 Å². The fourth-order valence-corrected chi connectivity index (χ4v) is 5.70. The Labute approximate surface area is 188 Å². The number of fused-ring (bicyclic) bond motifs is 1. The van der Waals surface area contributed by atoms with Crippen molar-refractivity contribution >= 4 is 39.2 Å². The number of amides is 1. The first-order chi connectivity index (χ1) is 15.1. The van der Waals surface area contributed by atoms with E-state index in [2.05, 4.69) is 16.9 Å². The molecule has 1 saturated carbocycles. The quantitative estimate of drug-likeness (QED) is 0.308. The van der Waals surface area contributed by atoms with Crippen LogP contribution in [0.1, 0.15) is 32.1 Å². The van der Waals surface area contributed by atoms with Crippen LogP contribution in [0.15, 0.2) is 52.3 Å². The molecule has 0 saturated heterocycles. The van der Waals surface area contributed by atoms with Crippen molar-refractivity contribution in [2.75, 3.05) is 5.75 Å². The highest BCUT2D eigenvalue weighted by Crippen LogP contribution is 2.32. The molecule has 162 valence electrons. The second-order valence-electron chi connectivity index (χ2n) is 7.63. The van der Waals surface area contributed by atoms with E-state index < -0.39 is 0 Å². The molecule has 0 atom stereocenters. The number of thiophene rings is 1. The lowest BCUT2D eigenvalue weighted by Crippen LogP contribution is -2.37. The third kappa shape index (κ3) is 4.91. The van der Waals surface area contributed by atoms with E-state index >= 15 is 0 Å². The first-order valence-electron chi connectivity index (χ1n) is 10.4. The number of thioether (sulfide) groups is 1. The summed E-state index contributed by atoms with van der Waals surface area (Å²) in [6, 6.07) is 6.33. The molecular weight excluding hydrogens is 433 g/mol. The molecule has 0 unspecified atom stereocenters. The predicted molar refractivity (Wildman–Crippen MR) is 125 cm³/mol. The van der Waals surface area contributed by atoms with Gasteiger partial charge in [0, 0.05) is 23.5 Å². The van der Waals surface area contributed by atoms with Crippen LogP contribution in [-0.4, -0.2) is 27.3 Å². The van der Waals surface area contributed by atoms with Crippen LogP contribution in [0.3, 0.4) is 0 Å². The molecule has 31 heavy (non-hydrogen) atoms. The van der Waals surface area contributed by atoms with E-state index in [4.69, 9.17) is 0 Å². The van der Waals surface area contributed by atoms with E-state index in [1.807, 2.05) is 5.38 Å². The number of nitrogens with zero attached hydrogens (tertiary/aromatic N) is 2. The molecule has 0 bridgehead atoms. The number of hydrogen-bond acceptors (Lipinski definition) is 5. The lowest BCUT2D eigenvalue weighted by Gasteiger charge is -2.22. The number of halogens is 1. The number of aromatic nitrogens is 2. The maximum atomic E-state index is 13.3. The van der Waals surface area contributed by atoms with Gasteiger partial charge in [0.05, 0.1) is 11.1 Å². The zero-order chi connectivity index (χ0) is 21.8. The normalized spacial score (nSPS) is 14.6. The van der Waals surface area contributed by atoms with Crippen molar-refractivity contribution in [3.63, 3.8) is 0 Å². The highest BCUT2D eigenvalue weighted by molar-refractivity contribution is 7.99. The number of carbonyl (C=O) groups is 1. The van der Waals surface area contributed by atoms with Gasteiger partial charge in [0.25, 0.3) is 5.56 Å². The molecular formula is C23H24FN3O2S2. The topological polar surface area (TPSA) is 64.0 Å². The van der Waals surface area contributed by atoms with Gasteiger partial charge in [0.1, 0.15) is 10.6 Å². The molecule has 0 spiro atoms. The smallest absolute Gasteiger partial charge is 0.263 e. The zero-order valence-corrected chi connectivity index (χ0v) is 18.7. The number of allylic oxidation sites excluding steroid dienone is 1. The Balaban J connectivity index is 1.60. The van der Waals surface area contributed by atoms with Crippen molar-refractivity contribution in [3.8, 4) is 11.1 Å². The molecule has 1 aliphatic carbocycles. The largest absolute Gasteiger partial charge is 0.353 e. The van der Waals surface area contributed by atoms with Crippen molar-refractivity contribution in [3.05, 3.63) is 58.5 Å². The fraction of sp³-hybridized carbons (Fsp3) is 0.348. The number of rotatable bonds is 7. The van der Waals surface area contributed by atoms with Crippen LogP contribution >= 0.6 is 23.1 Å². The van der Waals surface area contributed by atoms with Gasteiger partial charge in [-0.05, 0) is 30.5 Å². The van der Waals surface area contributed by atoms with Crippen LogP contribution in [-0.2, 0) is 11.3 Å². The molecule has 2 aromatic heterocycles. The molecule has 4 rings (SSSR count). The van der Waals surface area contributed by atoms with Crippen molar-refractivity contribution in [1.29, 1.82) is 0 Å². The summed E-state index contributed by atoms with van der Waals surface area (Å²) < 4.78 is 14.9. The monoisotopic (exact) mass is 457 g/mol. The summed E-state index contributed by atoms with van der Waals surface area (Å²) >= 11 is 2.64. The molecule has 5 nitrogen and oxygen atoms in total. The van der Waals surface area contributed by atoms with Crippen LogP contribution in [0.2, 0.25) is 0 Å². The van der Waals surface area contributed by atoms with E-state index in [0.29, 0.717) is 21.9 Å². The molecule has 1 N–H and O–H groups in total. The van der Waals surface area contributed by atoms with E-state index in [0.717, 1.165) is 36.8 Å². The minimum atomic E-state index is -0.323. The first-order valence-corrected chi connectivity index (χ1v) is 12.2. The van der Waals surface area contributed by atoms with Gasteiger partial charge >= 0.3 is 0 Å². The van der Waals surface area contributed by atoms with Crippen molar-refractivity contribution in [2.45, 2.75) is 49.8 Å². The Kier molecular flexibility index (Phi) is 6.87. The first kappa shape index (κ1) is 21.8. The summed E-state index contributed by atoms with van der Waals surface area (Å²) in [5, 5.41) is 5.98. The van der Waals surface area contributed by atoms with E-state index in [1.54, 1.807) is 22.8 Å². The van der Waals surface area contributed by atoms with E-state index in [9.17, 15) is 14.0 Å². The Bertz CT molecular complexity index is 1150. The number of nitrogens with one attached hydrogen (secondary N) is 1. The van der Waals surface area contributed by atoms with Crippen LogP contribution in [0.4, 0.5) is 4.39 Å². The summed E-state index contributed by atoms with van der Waals surface area (Å²) in [6.07, 6.45) is 7.25. The van der Waals surface area contributed by atoms with Gasteiger partial charge in [-0.25, -0.2) is 9.37 Å². The Hall–Kier alpha value is -2.45. The van der Waals surface area contributed by atoms with Crippen molar-refractivity contribution < 1.29 is 9.18 Å². The molecule has 1 amide bonds. The summed E-state index contributed by atoms with van der Waals surface area (Å²) in [5.74, 6) is -0.146.